The topological polar surface area (TPSA) is 44.5 Å². The van der Waals surface area contributed by atoms with Crippen LogP contribution in [0.4, 0.5) is 0 Å². The molecule has 1 aromatic carbocycles. The van der Waals surface area contributed by atoms with Gasteiger partial charge in [0, 0.05) is 16.5 Å². The third-order valence-corrected chi connectivity index (χ3v) is 3.92. The van der Waals surface area contributed by atoms with E-state index in [1.807, 2.05) is 30.0 Å². The Labute approximate surface area is 114 Å². The molecule has 102 valence electrons. The van der Waals surface area contributed by atoms with Crippen molar-refractivity contribution in [2.24, 2.45) is 5.73 Å². The molecule has 0 heterocycles. The largest absolute Gasteiger partial charge is 0.496 e. The number of methoxy groups -OCH3 is 2. The first kappa shape index (κ1) is 15.2. The first-order valence-electron chi connectivity index (χ1n) is 5.99. The molecule has 0 aliphatic carbocycles. The van der Waals surface area contributed by atoms with Crippen LogP contribution >= 0.6 is 11.8 Å². The van der Waals surface area contributed by atoms with Gasteiger partial charge in [0.25, 0.3) is 0 Å². The second-order valence-electron chi connectivity index (χ2n) is 5.11. The smallest absolute Gasteiger partial charge is 0.127 e. The average Bonchev–Trinajstić information content (AvgIpc) is 2.33. The molecule has 1 atom stereocenters. The molecule has 0 aliphatic rings. The van der Waals surface area contributed by atoms with E-state index >= 15 is 0 Å². The maximum atomic E-state index is 6.27. The van der Waals surface area contributed by atoms with E-state index in [2.05, 4.69) is 20.8 Å². The number of hydrogen-bond acceptors (Lipinski definition) is 4. The SMILES string of the molecule is COc1cccc(OC)c1C(N)CSC(C)(C)C. The summed E-state index contributed by atoms with van der Waals surface area (Å²) in [6, 6.07) is 5.64. The van der Waals surface area contributed by atoms with Crippen LogP contribution in [0, 0.1) is 0 Å². The Morgan fingerprint density at radius 1 is 1.17 bits per heavy atom. The molecule has 0 saturated heterocycles. The molecule has 0 amide bonds. The maximum Gasteiger partial charge on any atom is 0.127 e. The number of ether oxygens (including phenoxy) is 2. The van der Waals surface area contributed by atoms with Crippen LogP contribution in [-0.2, 0) is 0 Å². The van der Waals surface area contributed by atoms with Gasteiger partial charge in [0.2, 0.25) is 0 Å². The zero-order valence-corrected chi connectivity index (χ0v) is 12.6. The molecule has 0 aromatic heterocycles. The number of hydrogen-bond donors (Lipinski definition) is 1. The molecule has 0 fully saturated rings. The molecule has 1 unspecified atom stereocenters. The van der Waals surface area contributed by atoms with Crippen LogP contribution in [-0.4, -0.2) is 24.7 Å². The van der Waals surface area contributed by atoms with Crippen molar-refractivity contribution in [3.63, 3.8) is 0 Å². The average molecular weight is 269 g/mol. The molecular formula is C14H23NO2S. The first-order chi connectivity index (χ1) is 8.39. The molecule has 3 nitrogen and oxygen atoms in total. The minimum Gasteiger partial charge on any atom is -0.496 e. The van der Waals surface area contributed by atoms with E-state index in [-0.39, 0.29) is 10.8 Å². The van der Waals surface area contributed by atoms with Crippen molar-refractivity contribution in [1.82, 2.24) is 0 Å². The molecule has 1 rings (SSSR count). The molecule has 0 radical (unpaired) electrons. The van der Waals surface area contributed by atoms with Gasteiger partial charge in [0.05, 0.1) is 19.8 Å². The highest BCUT2D eigenvalue weighted by Gasteiger charge is 2.20. The molecule has 0 aliphatic heterocycles. The highest BCUT2D eigenvalue weighted by molar-refractivity contribution is 8.00. The standard InChI is InChI=1S/C14H23NO2S/c1-14(2,3)18-9-10(15)13-11(16-4)7-6-8-12(13)17-5/h6-8,10H,9,15H2,1-5H3. The summed E-state index contributed by atoms with van der Waals surface area (Å²) in [4.78, 5) is 0. The Balaban J connectivity index is 2.92. The number of rotatable bonds is 5. The van der Waals surface area contributed by atoms with E-state index in [0.29, 0.717) is 0 Å². The number of thioether (sulfide) groups is 1. The van der Waals surface area contributed by atoms with E-state index in [1.165, 1.54) is 0 Å². The van der Waals surface area contributed by atoms with Gasteiger partial charge in [0.15, 0.2) is 0 Å². The zero-order chi connectivity index (χ0) is 13.8. The zero-order valence-electron chi connectivity index (χ0n) is 11.8. The molecule has 0 spiro atoms. The maximum absolute atomic E-state index is 6.27. The summed E-state index contributed by atoms with van der Waals surface area (Å²) in [5, 5.41) is 0. The number of nitrogens with two attached hydrogens (primary N) is 1. The highest BCUT2D eigenvalue weighted by Crippen LogP contribution is 2.36. The Kier molecular flexibility index (Phi) is 5.35. The third-order valence-electron chi connectivity index (χ3n) is 2.53. The lowest BCUT2D eigenvalue weighted by Gasteiger charge is -2.23. The molecule has 2 N–H and O–H groups in total. The lowest BCUT2D eigenvalue weighted by Crippen LogP contribution is -2.19. The van der Waals surface area contributed by atoms with E-state index < -0.39 is 0 Å². The fourth-order valence-electron chi connectivity index (χ4n) is 1.67. The molecule has 0 bridgehead atoms. The van der Waals surface area contributed by atoms with E-state index in [0.717, 1.165) is 22.8 Å². The predicted molar refractivity (Wildman–Crippen MR) is 78.7 cm³/mol. The quantitative estimate of drug-likeness (QED) is 0.891. The van der Waals surface area contributed by atoms with Gasteiger partial charge in [-0.1, -0.05) is 26.8 Å². The van der Waals surface area contributed by atoms with Crippen LogP contribution < -0.4 is 15.2 Å². The Bertz CT molecular complexity index is 366. The van der Waals surface area contributed by atoms with Gasteiger partial charge >= 0.3 is 0 Å². The molecule has 18 heavy (non-hydrogen) atoms. The lowest BCUT2D eigenvalue weighted by atomic mass is 10.1. The van der Waals surface area contributed by atoms with Crippen molar-refractivity contribution >= 4 is 11.8 Å². The summed E-state index contributed by atoms with van der Waals surface area (Å²) in [6.07, 6.45) is 0. The van der Waals surface area contributed by atoms with Crippen LogP contribution in [0.15, 0.2) is 18.2 Å². The minimum absolute atomic E-state index is 0.0969. The Hall–Kier alpha value is -0.870. The van der Waals surface area contributed by atoms with Crippen LogP contribution in [0.5, 0.6) is 11.5 Å². The number of benzene rings is 1. The van der Waals surface area contributed by atoms with Crippen molar-refractivity contribution in [2.45, 2.75) is 31.6 Å². The van der Waals surface area contributed by atoms with Crippen molar-refractivity contribution in [1.29, 1.82) is 0 Å². The Morgan fingerprint density at radius 3 is 2.06 bits per heavy atom. The van der Waals surface area contributed by atoms with Gasteiger partial charge in [-0.05, 0) is 12.1 Å². The van der Waals surface area contributed by atoms with Gasteiger partial charge in [0.1, 0.15) is 11.5 Å². The fourth-order valence-corrected chi connectivity index (χ4v) is 2.51. The summed E-state index contributed by atoms with van der Waals surface area (Å²) in [5.74, 6) is 2.41. The van der Waals surface area contributed by atoms with Crippen molar-refractivity contribution in [3.8, 4) is 11.5 Å². The van der Waals surface area contributed by atoms with Crippen LogP contribution in [0.25, 0.3) is 0 Å². The minimum atomic E-state index is -0.0969. The van der Waals surface area contributed by atoms with Crippen LogP contribution in [0.1, 0.15) is 32.4 Å². The second-order valence-corrected chi connectivity index (χ2v) is 6.95. The highest BCUT2D eigenvalue weighted by atomic mass is 32.2. The van der Waals surface area contributed by atoms with Gasteiger partial charge < -0.3 is 15.2 Å². The van der Waals surface area contributed by atoms with Crippen molar-refractivity contribution in [3.05, 3.63) is 23.8 Å². The van der Waals surface area contributed by atoms with Crippen LogP contribution in [0.2, 0.25) is 0 Å². The van der Waals surface area contributed by atoms with Gasteiger partial charge in [-0.3, -0.25) is 0 Å². The molecule has 4 heteroatoms. The van der Waals surface area contributed by atoms with Gasteiger partial charge in [-0.2, -0.15) is 11.8 Å². The van der Waals surface area contributed by atoms with Crippen LogP contribution in [0.3, 0.4) is 0 Å². The third kappa shape index (κ3) is 4.10. The molecule has 0 saturated carbocycles. The summed E-state index contributed by atoms with van der Waals surface area (Å²) in [6.45, 7) is 6.55. The Morgan fingerprint density at radius 2 is 1.67 bits per heavy atom. The predicted octanol–water partition coefficient (Wildman–Crippen LogP) is 3.24. The van der Waals surface area contributed by atoms with Crippen molar-refractivity contribution < 1.29 is 9.47 Å². The van der Waals surface area contributed by atoms with Gasteiger partial charge in [-0.15, -0.1) is 0 Å². The van der Waals surface area contributed by atoms with E-state index in [9.17, 15) is 0 Å². The summed E-state index contributed by atoms with van der Waals surface area (Å²) in [5.41, 5.74) is 7.22. The summed E-state index contributed by atoms with van der Waals surface area (Å²) >= 11 is 1.84. The lowest BCUT2D eigenvalue weighted by molar-refractivity contribution is 0.381. The monoisotopic (exact) mass is 269 g/mol. The molecule has 1 aromatic rings. The summed E-state index contributed by atoms with van der Waals surface area (Å²) in [7, 11) is 3.31. The normalized spacial score (nSPS) is 13.2. The fraction of sp³-hybridized carbons (Fsp3) is 0.571. The van der Waals surface area contributed by atoms with Gasteiger partial charge in [-0.25, -0.2) is 0 Å². The van der Waals surface area contributed by atoms with E-state index in [4.69, 9.17) is 15.2 Å². The molecular weight excluding hydrogens is 246 g/mol. The van der Waals surface area contributed by atoms with Crippen molar-refractivity contribution in [2.75, 3.05) is 20.0 Å². The summed E-state index contributed by atoms with van der Waals surface area (Å²) < 4.78 is 10.9. The first-order valence-corrected chi connectivity index (χ1v) is 6.98. The van der Waals surface area contributed by atoms with E-state index in [1.54, 1.807) is 14.2 Å². The second kappa shape index (κ2) is 6.34.